The smallest absolute Gasteiger partial charge is 0.225 e. The van der Waals surface area contributed by atoms with Crippen molar-refractivity contribution < 1.29 is 14.2 Å². The molecule has 0 unspecified atom stereocenters. The van der Waals surface area contributed by atoms with E-state index in [0.717, 1.165) is 80.0 Å². The summed E-state index contributed by atoms with van der Waals surface area (Å²) in [4.78, 5) is 14.0. The zero-order chi connectivity index (χ0) is 18.6. The van der Waals surface area contributed by atoms with Crippen LogP contribution >= 0.6 is 0 Å². The maximum atomic E-state index is 5.56. The molecule has 0 aliphatic carbocycles. The molecule has 2 aliphatic heterocycles. The van der Waals surface area contributed by atoms with Gasteiger partial charge in [0.2, 0.25) is 5.95 Å². The Kier molecular flexibility index (Phi) is 5.40. The molecule has 2 aliphatic rings. The van der Waals surface area contributed by atoms with Gasteiger partial charge in [-0.05, 0) is 6.07 Å². The fourth-order valence-corrected chi connectivity index (χ4v) is 3.70. The lowest BCUT2D eigenvalue weighted by Gasteiger charge is -2.35. The molecule has 0 bridgehead atoms. The second kappa shape index (κ2) is 8.10. The second-order valence-electron chi connectivity index (χ2n) is 6.86. The second-order valence-corrected chi connectivity index (χ2v) is 6.86. The molecule has 1 fully saturated rings. The van der Waals surface area contributed by atoms with Crippen LogP contribution in [0.2, 0.25) is 0 Å². The molecule has 2 aromatic rings. The Morgan fingerprint density at radius 2 is 1.96 bits per heavy atom. The van der Waals surface area contributed by atoms with Gasteiger partial charge in [-0.1, -0.05) is 12.1 Å². The molecule has 1 aromatic heterocycles. The first-order valence-corrected chi connectivity index (χ1v) is 9.38. The molecule has 0 amide bonds. The highest BCUT2D eigenvalue weighted by Gasteiger charge is 2.22. The zero-order valence-corrected chi connectivity index (χ0v) is 16.0. The van der Waals surface area contributed by atoms with Gasteiger partial charge < -0.3 is 19.1 Å². The third-order valence-corrected chi connectivity index (χ3v) is 5.22. The van der Waals surface area contributed by atoms with Gasteiger partial charge in [0, 0.05) is 56.5 Å². The van der Waals surface area contributed by atoms with Crippen molar-refractivity contribution in [2.45, 2.75) is 19.6 Å². The number of ether oxygens (including phenoxy) is 3. The molecule has 1 saturated heterocycles. The summed E-state index contributed by atoms with van der Waals surface area (Å²) in [6, 6.07) is 6.04. The summed E-state index contributed by atoms with van der Waals surface area (Å²) in [6.07, 6.45) is 2.80. The molecule has 144 valence electrons. The number of hydrogen-bond acceptors (Lipinski definition) is 7. The van der Waals surface area contributed by atoms with E-state index >= 15 is 0 Å². The van der Waals surface area contributed by atoms with Crippen LogP contribution in [0.3, 0.4) is 0 Å². The number of hydrogen-bond donors (Lipinski definition) is 0. The summed E-state index contributed by atoms with van der Waals surface area (Å²) in [5.41, 5.74) is 3.40. The Morgan fingerprint density at radius 3 is 2.74 bits per heavy atom. The van der Waals surface area contributed by atoms with Crippen molar-refractivity contribution in [2.24, 2.45) is 0 Å². The van der Waals surface area contributed by atoms with Crippen LogP contribution in [0, 0.1) is 0 Å². The molecule has 27 heavy (non-hydrogen) atoms. The number of rotatable bonds is 5. The Labute approximate surface area is 159 Å². The first-order chi connectivity index (χ1) is 13.3. The van der Waals surface area contributed by atoms with Crippen LogP contribution in [0.4, 0.5) is 5.95 Å². The molecular weight excluding hydrogens is 344 g/mol. The Hall–Kier alpha value is -2.38. The van der Waals surface area contributed by atoms with Crippen molar-refractivity contribution in [3.8, 4) is 11.5 Å². The number of nitrogens with zero attached hydrogens (tertiary/aromatic N) is 4. The van der Waals surface area contributed by atoms with Crippen LogP contribution < -0.4 is 14.4 Å². The molecule has 7 heteroatoms. The van der Waals surface area contributed by atoms with Gasteiger partial charge in [0.15, 0.2) is 11.5 Å². The summed E-state index contributed by atoms with van der Waals surface area (Å²) in [5, 5.41) is 0. The lowest BCUT2D eigenvalue weighted by atomic mass is 10.1. The minimum absolute atomic E-state index is 0.631. The lowest BCUT2D eigenvalue weighted by Crippen LogP contribution is -2.46. The Balaban J connectivity index is 1.40. The topological polar surface area (TPSA) is 60.0 Å². The van der Waals surface area contributed by atoms with E-state index in [1.165, 1.54) is 0 Å². The maximum Gasteiger partial charge on any atom is 0.225 e. The normalized spacial score (nSPS) is 17.5. The molecule has 3 heterocycles. The van der Waals surface area contributed by atoms with Crippen LogP contribution in [-0.2, 0) is 24.3 Å². The highest BCUT2D eigenvalue weighted by Crippen LogP contribution is 2.31. The summed E-state index contributed by atoms with van der Waals surface area (Å²) < 4.78 is 16.4. The van der Waals surface area contributed by atoms with E-state index in [1.54, 1.807) is 14.2 Å². The number of para-hydroxylation sites is 1. The van der Waals surface area contributed by atoms with Crippen LogP contribution in [0.15, 0.2) is 24.4 Å². The van der Waals surface area contributed by atoms with E-state index in [2.05, 4.69) is 20.9 Å². The summed E-state index contributed by atoms with van der Waals surface area (Å²) in [5.74, 6) is 2.44. The third-order valence-electron chi connectivity index (χ3n) is 5.22. The standard InChI is InChI=1S/C20H26N4O3/c1-25-18-5-3-4-15(19(18)26-2)13-23-7-9-24(10-8-23)20-21-12-16-14-27-11-6-17(16)22-20/h3-5,12H,6-11,13-14H2,1-2H3. The first kappa shape index (κ1) is 18.0. The van der Waals surface area contributed by atoms with Gasteiger partial charge in [-0.25, -0.2) is 9.97 Å². The number of methoxy groups -OCH3 is 2. The zero-order valence-electron chi connectivity index (χ0n) is 16.0. The van der Waals surface area contributed by atoms with Crippen molar-refractivity contribution in [3.05, 3.63) is 41.2 Å². The van der Waals surface area contributed by atoms with Crippen molar-refractivity contribution >= 4 is 5.95 Å². The number of aromatic nitrogens is 2. The van der Waals surface area contributed by atoms with E-state index in [4.69, 9.17) is 19.2 Å². The van der Waals surface area contributed by atoms with Gasteiger partial charge >= 0.3 is 0 Å². The van der Waals surface area contributed by atoms with Crippen molar-refractivity contribution in [1.29, 1.82) is 0 Å². The molecule has 0 spiro atoms. The number of benzene rings is 1. The minimum Gasteiger partial charge on any atom is -0.493 e. The monoisotopic (exact) mass is 370 g/mol. The van der Waals surface area contributed by atoms with E-state index in [9.17, 15) is 0 Å². The molecule has 0 saturated carbocycles. The maximum absolute atomic E-state index is 5.56. The number of fused-ring (bicyclic) bond motifs is 1. The SMILES string of the molecule is COc1cccc(CN2CCN(c3ncc4c(n3)CCOC4)CC2)c1OC. The molecule has 1 aromatic carbocycles. The van der Waals surface area contributed by atoms with Gasteiger partial charge in [0.05, 0.1) is 33.1 Å². The molecule has 0 atom stereocenters. The van der Waals surface area contributed by atoms with E-state index in [1.807, 2.05) is 18.3 Å². The average molecular weight is 370 g/mol. The molecular formula is C20H26N4O3. The highest BCUT2D eigenvalue weighted by molar-refractivity contribution is 5.46. The van der Waals surface area contributed by atoms with Crippen LogP contribution in [-0.4, -0.2) is 61.9 Å². The Bertz CT molecular complexity index is 791. The van der Waals surface area contributed by atoms with E-state index < -0.39 is 0 Å². The van der Waals surface area contributed by atoms with Gasteiger partial charge in [-0.3, -0.25) is 4.90 Å². The average Bonchev–Trinajstić information content (AvgIpc) is 2.73. The van der Waals surface area contributed by atoms with Crippen molar-refractivity contribution in [1.82, 2.24) is 14.9 Å². The van der Waals surface area contributed by atoms with Gasteiger partial charge in [0.25, 0.3) is 0 Å². The first-order valence-electron chi connectivity index (χ1n) is 9.38. The summed E-state index contributed by atoms with van der Waals surface area (Å²) in [6.45, 7) is 5.99. The predicted octanol–water partition coefficient (Wildman–Crippen LogP) is 1.89. The summed E-state index contributed by atoms with van der Waals surface area (Å²) in [7, 11) is 3.36. The third kappa shape index (κ3) is 3.84. The fraction of sp³-hybridized carbons (Fsp3) is 0.500. The minimum atomic E-state index is 0.631. The van der Waals surface area contributed by atoms with Crippen LogP contribution in [0.1, 0.15) is 16.8 Å². The largest absolute Gasteiger partial charge is 0.493 e. The lowest BCUT2D eigenvalue weighted by molar-refractivity contribution is 0.109. The highest BCUT2D eigenvalue weighted by atomic mass is 16.5. The Morgan fingerprint density at radius 1 is 1.11 bits per heavy atom. The molecule has 0 radical (unpaired) electrons. The predicted molar refractivity (Wildman–Crippen MR) is 102 cm³/mol. The number of piperazine rings is 1. The molecule has 0 N–H and O–H groups in total. The van der Waals surface area contributed by atoms with Crippen LogP contribution in [0.5, 0.6) is 11.5 Å². The van der Waals surface area contributed by atoms with Crippen molar-refractivity contribution in [3.63, 3.8) is 0 Å². The van der Waals surface area contributed by atoms with Gasteiger partial charge in [-0.15, -0.1) is 0 Å². The van der Waals surface area contributed by atoms with Gasteiger partial charge in [0.1, 0.15) is 0 Å². The fourth-order valence-electron chi connectivity index (χ4n) is 3.70. The molecule has 7 nitrogen and oxygen atoms in total. The quantitative estimate of drug-likeness (QED) is 0.796. The van der Waals surface area contributed by atoms with Crippen molar-refractivity contribution in [2.75, 3.05) is 51.9 Å². The van der Waals surface area contributed by atoms with Crippen LogP contribution in [0.25, 0.3) is 0 Å². The van der Waals surface area contributed by atoms with E-state index in [-0.39, 0.29) is 0 Å². The summed E-state index contributed by atoms with van der Waals surface area (Å²) >= 11 is 0. The molecule has 4 rings (SSSR count). The van der Waals surface area contributed by atoms with Gasteiger partial charge in [-0.2, -0.15) is 0 Å². The van der Waals surface area contributed by atoms with E-state index in [0.29, 0.717) is 6.61 Å². The number of anilines is 1.